The highest BCUT2D eigenvalue weighted by Gasteiger charge is 2.50. The number of urea groups is 1. The summed E-state index contributed by atoms with van der Waals surface area (Å²) in [6.45, 7) is 1.31. The number of nitrogens with one attached hydrogen (secondary N) is 1. The predicted octanol–water partition coefficient (Wildman–Crippen LogP) is -0.398. The fourth-order valence-electron chi connectivity index (χ4n) is 4.26. The lowest BCUT2D eigenvalue weighted by molar-refractivity contribution is 0.0960. The van der Waals surface area contributed by atoms with Crippen LogP contribution in [0.5, 0.6) is 0 Å². The Hall–Kier alpha value is -0.860. The number of amides is 2. The number of sulfone groups is 1. The summed E-state index contributed by atoms with van der Waals surface area (Å²) in [5.74, 6) is 0.242. The van der Waals surface area contributed by atoms with Gasteiger partial charge in [-0.3, -0.25) is 0 Å². The first-order chi connectivity index (χ1) is 10.4. The molecule has 3 aliphatic rings. The molecule has 0 aromatic carbocycles. The third kappa shape index (κ3) is 2.72. The van der Waals surface area contributed by atoms with Crippen molar-refractivity contribution in [3.05, 3.63) is 0 Å². The van der Waals surface area contributed by atoms with Crippen molar-refractivity contribution >= 4 is 15.9 Å². The highest BCUT2D eigenvalue weighted by atomic mass is 32.2. The Labute approximate surface area is 130 Å². The molecule has 8 heteroatoms. The number of rotatable bonds is 3. The molecule has 7 nitrogen and oxygen atoms in total. The second kappa shape index (κ2) is 5.65. The zero-order valence-electron chi connectivity index (χ0n) is 12.8. The van der Waals surface area contributed by atoms with Crippen LogP contribution in [-0.4, -0.2) is 74.9 Å². The van der Waals surface area contributed by atoms with Gasteiger partial charge in [-0.2, -0.15) is 0 Å². The van der Waals surface area contributed by atoms with Gasteiger partial charge in [-0.1, -0.05) is 6.42 Å². The van der Waals surface area contributed by atoms with Crippen molar-refractivity contribution in [2.45, 2.75) is 31.4 Å². The number of likely N-dealkylation sites (tertiary alicyclic amines) is 1. The molecule has 0 aromatic rings. The summed E-state index contributed by atoms with van der Waals surface area (Å²) < 4.78 is 28.6. The molecule has 1 aliphatic carbocycles. The predicted molar refractivity (Wildman–Crippen MR) is 80.2 cm³/mol. The van der Waals surface area contributed by atoms with E-state index >= 15 is 0 Å². The van der Waals surface area contributed by atoms with Gasteiger partial charge in [0, 0.05) is 25.6 Å². The van der Waals surface area contributed by atoms with Crippen LogP contribution in [-0.2, 0) is 14.6 Å². The van der Waals surface area contributed by atoms with Crippen LogP contribution in [0, 0.1) is 11.3 Å². The minimum Gasteiger partial charge on any atom is -0.396 e. The van der Waals surface area contributed by atoms with E-state index in [0.29, 0.717) is 19.0 Å². The van der Waals surface area contributed by atoms with Crippen molar-refractivity contribution in [1.82, 2.24) is 10.2 Å². The normalized spacial score (nSPS) is 39.9. The van der Waals surface area contributed by atoms with Gasteiger partial charge >= 0.3 is 6.03 Å². The molecule has 2 heterocycles. The molecular weight excluding hydrogens is 308 g/mol. The summed E-state index contributed by atoms with van der Waals surface area (Å²) >= 11 is 0. The number of nitrogens with zero attached hydrogens (tertiary/aromatic N) is 1. The van der Waals surface area contributed by atoms with Gasteiger partial charge in [-0.15, -0.1) is 0 Å². The molecule has 0 aromatic heterocycles. The van der Waals surface area contributed by atoms with Gasteiger partial charge in [0.25, 0.3) is 0 Å². The Balaban J connectivity index is 1.64. The van der Waals surface area contributed by atoms with E-state index in [1.54, 1.807) is 4.90 Å². The zero-order chi connectivity index (χ0) is 16.0. The van der Waals surface area contributed by atoms with Crippen LogP contribution in [0.25, 0.3) is 0 Å². The highest BCUT2D eigenvalue weighted by Crippen LogP contribution is 2.48. The summed E-state index contributed by atoms with van der Waals surface area (Å²) in [6, 6.07) is -0.737. The van der Waals surface area contributed by atoms with Crippen molar-refractivity contribution in [3.63, 3.8) is 0 Å². The van der Waals surface area contributed by atoms with E-state index in [-0.39, 0.29) is 29.6 Å². The van der Waals surface area contributed by atoms with Gasteiger partial charge < -0.3 is 20.1 Å². The van der Waals surface area contributed by atoms with E-state index < -0.39 is 22.0 Å². The Morgan fingerprint density at radius 3 is 2.86 bits per heavy atom. The van der Waals surface area contributed by atoms with Gasteiger partial charge in [0.2, 0.25) is 0 Å². The Morgan fingerprint density at radius 1 is 1.45 bits per heavy atom. The quantitative estimate of drug-likeness (QED) is 0.733. The number of methoxy groups -OCH3 is 1. The van der Waals surface area contributed by atoms with Crippen LogP contribution >= 0.6 is 0 Å². The van der Waals surface area contributed by atoms with Crippen molar-refractivity contribution in [2.24, 2.45) is 11.3 Å². The molecule has 126 valence electrons. The van der Waals surface area contributed by atoms with E-state index in [1.165, 1.54) is 7.11 Å². The van der Waals surface area contributed by atoms with Crippen molar-refractivity contribution in [1.29, 1.82) is 0 Å². The maximum absolute atomic E-state index is 12.4. The highest BCUT2D eigenvalue weighted by molar-refractivity contribution is 7.91. The third-order valence-corrected chi connectivity index (χ3v) is 7.26. The maximum atomic E-state index is 12.4. The van der Waals surface area contributed by atoms with E-state index in [9.17, 15) is 18.3 Å². The molecule has 2 N–H and O–H groups in total. The molecule has 0 bridgehead atoms. The second-order valence-corrected chi connectivity index (χ2v) is 9.05. The van der Waals surface area contributed by atoms with Crippen molar-refractivity contribution < 1.29 is 23.1 Å². The Morgan fingerprint density at radius 2 is 2.23 bits per heavy atom. The average Bonchev–Trinajstić information content (AvgIpc) is 3.08. The van der Waals surface area contributed by atoms with Crippen LogP contribution < -0.4 is 5.32 Å². The fraction of sp³-hybridized carbons (Fsp3) is 0.929. The molecule has 0 radical (unpaired) electrons. The number of carbonyl (C=O) groups excluding carboxylic acids is 1. The molecular formula is C14H24N2O5S. The number of ether oxygens (including phenoxy) is 1. The number of carbonyl (C=O) groups is 1. The van der Waals surface area contributed by atoms with E-state index in [0.717, 1.165) is 19.3 Å². The minimum absolute atomic E-state index is 0.0440. The zero-order valence-corrected chi connectivity index (χ0v) is 13.6. The van der Waals surface area contributed by atoms with Crippen molar-refractivity contribution in [3.8, 4) is 0 Å². The standard InChI is InChI=1S/C14H24N2O5S/c1-21-12-7-22(19,20)6-11(12)15-13(18)16-5-10-3-2-4-14(10,8-16)9-17/h10-12,17H,2-9H2,1H3,(H,15,18)/t10-,11?,12?,14+/m0/s1. The summed E-state index contributed by atoms with van der Waals surface area (Å²) in [4.78, 5) is 14.2. The van der Waals surface area contributed by atoms with Crippen LogP contribution in [0.4, 0.5) is 4.79 Å². The molecule has 2 saturated heterocycles. The van der Waals surface area contributed by atoms with Crippen LogP contribution in [0.3, 0.4) is 0 Å². The molecule has 22 heavy (non-hydrogen) atoms. The number of hydrogen-bond acceptors (Lipinski definition) is 5. The topological polar surface area (TPSA) is 95.9 Å². The molecule has 0 spiro atoms. The lowest BCUT2D eigenvalue weighted by Gasteiger charge is -2.27. The monoisotopic (exact) mass is 332 g/mol. The number of fused-ring (bicyclic) bond motifs is 1. The van der Waals surface area contributed by atoms with Crippen LogP contribution in [0.2, 0.25) is 0 Å². The largest absolute Gasteiger partial charge is 0.396 e. The summed E-state index contributed by atoms with van der Waals surface area (Å²) in [5, 5.41) is 12.5. The number of aliphatic hydroxyl groups is 1. The van der Waals surface area contributed by atoms with Gasteiger partial charge in [0.1, 0.15) is 0 Å². The smallest absolute Gasteiger partial charge is 0.317 e. The maximum Gasteiger partial charge on any atom is 0.317 e. The van der Waals surface area contributed by atoms with Gasteiger partial charge in [-0.05, 0) is 18.8 Å². The summed E-state index contributed by atoms with van der Waals surface area (Å²) in [5.41, 5.74) is -0.153. The van der Waals surface area contributed by atoms with Crippen LogP contribution in [0.15, 0.2) is 0 Å². The molecule has 2 aliphatic heterocycles. The fourth-order valence-corrected chi connectivity index (χ4v) is 6.11. The minimum atomic E-state index is -3.16. The van der Waals surface area contributed by atoms with E-state index in [2.05, 4.69) is 5.32 Å². The van der Waals surface area contributed by atoms with Crippen molar-refractivity contribution in [2.75, 3.05) is 38.3 Å². The summed E-state index contributed by atoms with van der Waals surface area (Å²) in [6.07, 6.45) is 2.62. The first-order valence-electron chi connectivity index (χ1n) is 7.79. The second-order valence-electron chi connectivity index (χ2n) is 6.90. The van der Waals surface area contributed by atoms with Gasteiger partial charge in [-0.25, -0.2) is 13.2 Å². The number of aliphatic hydroxyl groups excluding tert-OH is 1. The lowest BCUT2D eigenvalue weighted by Crippen LogP contribution is -2.49. The van der Waals surface area contributed by atoms with E-state index in [4.69, 9.17) is 4.74 Å². The van der Waals surface area contributed by atoms with Gasteiger partial charge in [0.15, 0.2) is 9.84 Å². The first kappa shape index (κ1) is 16.0. The average molecular weight is 332 g/mol. The third-order valence-electron chi connectivity index (χ3n) is 5.55. The Kier molecular flexibility index (Phi) is 4.11. The van der Waals surface area contributed by atoms with Gasteiger partial charge in [0.05, 0.1) is 30.3 Å². The Bertz CT molecular complexity index is 551. The SMILES string of the molecule is COC1CS(=O)(=O)CC1NC(=O)N1C[C@@H]2CCC[C@]2(CO)C1. The van der Waals surface area contributed by atoms with Crippen LogP contribution in [0.1, 0.15) is 19.3 Å². The molecule has 2 unspecified atom stereocenters. The number of hydrogen-bond donors (Lipinski definition) is 2. The van der Waals surface area contributed by atoms with E-state index in [1.807, 2.05) is 0 Å². The molecule has 2 amide bonds. The molecule has 4 atom stereocenters. The lowest BCUT2D eigenvalue weighted by atomic mass is 9.82. The molecule has 3 fully saturated rings. The molecule has 1 saturated carbocycles. The molecule has 3 rings (SSSR count). The summed E-state index contributed by atoms with van der Waals surface area (Å²) in [7, 11) is -1.69. The first-order valence-corrected chi connectivity index (χ1v) is 9.61.